The first-order valence-corrected chi connectivity index (χ1v) is 12.9. The van der Waals surface area contributed by atoms with E-state index in [4.69, 9.17) is 11.6 Å². The maximum Gasteiger partial charge on any atom is 0.304 e. The molecule has 192 valence electrons. The number of para-hydroxylation sites is 1. The van der Waals surface area contributed by atoms with Gasteiger partial charge in [-0.05, 0) is 50.1 Å². The lowest BCUT2D eigenvalue weighted by atomic mass is 10.1. The third kappa shape index (κ3) is 7.39. The second kappa shape index (κ2) is 12.3. The fourth-order valence-electron chi connectivity index (χ4n) is 3.44. The van der Waals surface area contributed by atoms with Crippen LogP contribution in [0.3, 0.4) is 0 Å². The topological polar surface area (TPSA) is 90.0 Å². The molecule has 0 bridgehead atoms. The van der Waals surface area contributed by atoms with Gasteiger partial charge >= 0.3 is 10.2 Å². The summed E-state index contributed by atoms with van der Waals surface area (Å²) in [4.78, 5) is 27.9. The number of nitrogens with one attached hydrogen (secondary N) is 1. The molecule has 0 heterocycles. The first-order valence-electron chi connectivity index (χ1n) is 11.2. The Bertz CT molecular complexity index is 1130. The number of anilines is 1. The number of carbonyl (C=O) groups excluding carboxylic acids is 2. The molecule has 0 saturated carbocycles. The zero-order valence-electron chi connectivity index (χ0n) is 20.5. The standard InChI is InChI=1S/C24H32ClFN4O4S/c1-6-21(24(32)27-17(2)3)29(15-18-11-13-19(25)14-12-18)23(31)16-30(35(33,34)28(4)5)22-10-8-7-9-20(22)26/h7-14,17,21H,6,15-16H2,1-5H3,(H,27,32)/t21-/m1/s1. The van der Waals surface area contributed by atoms with Crippen molar-refractivity contribution in [2.75, 3.05) is 24.9 Å². The van der Waals surface area contributed by atoms with E-state index >= 15 is 0 Å². The number of rotatable bonds is 11. The summed E-state index contributed by atoms with van der Waals surface area (Å²) in [6.07, 6.45) is 0.290. The van der Waals surface area contributed by atoms with Crippen molar-refractivity contribution in [2.45, 2.75) is 45.8 Å². The summed E-state index contributed by atoms with van der Waals surface area (Å²) in [6, 6.07) is 11.1. The second-order valence-corrected chi connectivity index (χ2v) is 11.0. The lowest BCUT2D eigenvalue weighted by Gasteiger charge is -2.34. The van der Waals surface area contributed by atoms with Gasteiger partial charge in [0.25, 0.3) is 0 Å². The number of benzene rings is 2. The minimum absolute atomic E-state index is 0.0349. The van der Waals surface area contributed by atoms with Gasteiger partial charge in [0.2, 0.25) is 11.8 Å². The largest absolute Gasteiger partial charge is 0.352 e. The van der Waals surface area contributed by atoms with Crippen molar-refractivity contribution in [3.63, 3.8) is 0 Å². The van der Waals surface area contributed by atoms with E-state index in [1.54, 1.807) is 45.0 Å². The van der Waals surface area contributed by atoms with Crippen LogP contribution < -0.4 is 9.62 Å². The van der Waals surface area contributed by atoms with Crippen LogP contribution in [0.1, 0.15) is 32.8 Å². The first-order chi connectivity index (χ1) is 16.4. The van der Waals surface area contributed by atoms with Crippen molar-refractivity contribution in [3.05, 3.63) is 64.9 Å². The number of halogens is 2. The van der Waals surface area contributed by atoms with Gasteiger partial charge < -0.3 is 10.2 Å². The van der Waals surface area contributed by atoms with E-state index in [-0.39, 0.29) is 30.6 Å². The van der Waals surface area contributed by atoms with E-state index in [1.165, 1.54) is 37.2 Å². The molecule has 35 heavy (non-hydrogen) atoms. The van der Waals surface area contributed by atoms with E-state index in [1.807, 2.05) is 0 Å². The average molecular weight is 527 g/mol. The maximum atomic E-state index is 14.6. The Morgan fingerprint density at radius 1 is 1.06 bits per heavy atom. The Hall–Kier alpha value is -2.69. The molecule has 1 N–H and O–H groups in total. The van der Waals surface area contributed by atoms with Crippen LogP contribution in [0.4, 0.5) is 10.1 Å². The van der Waals surface area contributed by atoms with Gasteiger partial charge in [-0.25, -0.2) is 8.70 Å². The van der Waals surface area contributed by atoms with Gasteiger partial charge in [-0.3, -0.25) is 9.59 Å². The molecule has 0 spiro atoms. The highest BCUT2D eigenvalue weighted by atomic mass is 35.5. The quantitative estimate of drug-likeness (QED) is 0.486. The molecule has 2 rings (SSSR count). The minimum Gasteiger partial charge on any atom is -0.352 e. The highest BCUT2D eigenvalue weighted by molar-refractivity contribution is 7.90. The molecule has 0 aromatic heterocycles. The number of amides is 2. The Balaban J connectivity index is 2.51. The Morgan fingerprint density at radius 2 is 1.66 bits per heavy atom. The average Bonchev–Trinajstić information content (AvgIpc) is 2.78. The summed E-state index contributed by atoms with van der Waals surface area (Å²) in [5.74, 6) is -1.81. The molecule has 1 atom stereocenters. The molecule has 0 radical (unpaired) electrons. The molecular formula is C24H32ClFN4O4S. The van der Waals surface area contributed by atoms with E-state index in [2.05, 4.69) is 5.32 Å². The van der Waals surface area contributed by atoms with Crippen LogP contribution in [0.5, 0.6) is 0 Å². The molecule has 0 fully saturated rings. The first kappa shape index (κ1) is 28.5. The second-order valence-electron chi connectivity index (χ2n) is 8.48. The van der Waals surface area contributed by atoms with Crippen molar-refractivity contribution < 1.29 is 22.4 Å². The number of nitrogens with zero attached hydrogens (tertiary/aromatic N) is 3. The molecule has 0 aliphatic carbocycles. The summed E-state index contributed by atoms with van der Waals surface area (Å²) < 4.78 is 42.4. The van der Waals surface area contributed by atoms with E-state index in [9.17, 15) is 22.4 Å². The van der Waals surface area contributed by atoms with Gasteiger partial charge in [-0.2, -0.15) is 12.7 Å². The monoisotopic (exact) mass is 526 g/mol. The van der Waals surface area contributed by atoms with Crippen LogP contribution in [-0.4, -0.2) is 62.2 Å². The molecule has 0 saturated heterocycles. The highest BCUT2D eigenvalue weighted by Crippen LogP contribution is 2.24. The summed E-state index contributed by atoms with van der Waals surface area (Å²) in [5, 5.41) is 3.33. The van der Waals surface area contributed by atoms with Crippen molar-refractivity contribution in [1.29, 1.82) is 0 Å². The summed E-state index contributed by atoms with van der Waals surface area (Å²) in [6.45, 7) is 4.71. The van der Waals surface area contributed by atoms with Gasteiger partial charge in [-0.15, -0.1) is 0 Å². The molecule has 11 heteroatoms. The van der Waals surface area contributed by atoms with E-state index in [0.717, 1.165) is 10.4 Å². The summed E-state index contributed by atoms with van der Waals surface area (Å²) in [5.41, 5.74) is 0.437. The van der Waals surface area contributed by atoms with Gasteiger partial charge in [0.15, 0.2) is 0 Å². The summed E-state index contributed by atoms with van der Waals surface area (Å²) in [7, 11) is -1.64. The molecule has 0 aliphatic rings. The van der Waals surface area contributed by atoms with Gasteiger partial charge in [0.1, 0.15) is 18.4 Å². The third-order valence-electron chi connectivity index (χ3n) is 5.22. The van der Waals surface area contributed by atoms with Gasteiger partial charge in [0, 0.05) is 31.7 Å². The smallest absolute Gasteiger partial charge is 0.304 e. The van der Waals surface area contributed by atoms with Crippen LogP contribution in [0.25, 0.3) is 0 Å². The number of hydrogen-bond donors (Lipinski definition) is 1. The van der Waals surface area contributed by atoms with Crippen LogP contribution in [0.2, 0.25) is 5.02 Å². The lowest BCUT2D eigenvalue weighted by molar-refractivity contribution is -0.140. The summed E-state index contributed by atoms with van der Waals surface area (Å²) >= 11 is 5.98. The third-order valence-corrected chi connectivity index (χ3v) is 7.28. The Kier molecular flexibility index (Phi) is 10.1. The van der Waals surface area contributed by atoms with Crippen molar-refractivity contribution >= 4 is 39.3 Å². The minimum atomic E-state index is -4.23. The number of hydrogen-bond acceptors (Lipinski definition) is 4. The lowest BCUT2D eigenvalue weighted by Crippen LogP contribution is -2.54. The Labute approximate surface area is 211 Å². The van der Waals surface area contributed by atoms with Gasteiger partial charge in [0.05, 0.1) is 5.69 Å². The highest BCUT2D eigenvalue weighted by Gasteiger charge is 2.34. The van der Waals surface area contributed by atoms with Crippen LogP contribution in [0, 0.1) is 5.82 Å². The van der Waals surface area contributed by atoms with E-state index in [0.29, 0.717) is 14.9 Å². The SMILES string of the molecule is CC[C@H](C(=O)NC(C)C)N(Cc1ccc(Cl)cc1)C(=O)CN(c1ccccc1F)S(=O)(=O)N(C)C. The zero-order chi connectivity index (χ0) is 26.3. The molecule has 0 unspecified atom stereocenters. The molecular weight excluding hydrogens is 495 g/mol. The fourth-order valence-corrected chi connectivity index (χ4v) is 4.63. The van der Waals surface area contributed by atoms with Crippen molar-refractivity contribution in [1.82, 2.24) is 14.5 Å². The molecule has 8 nitrogen and oxygen atoms in total. The molecule has 0 aliphatic heterocycles. The van der Waals surface area contributed by atoms with Crippen LogP contribution in [-0.2, 0) is 26.3 Å². The van der Waals surface area contributed by atoms with Crippen LogP contribution in [0.15, 0.2) is 48.5 Å². The fraction of sp³-hybridized carbons (Fsp3) is 0.417. The van der Waals surface area contributed by atoms with E-state index < -0.39 is 34.5 Å². The molecule has 2 aromatic carbocycles. The van der Waals surface area contributed by atoms with Gasteiger partial charge in [-0.1, -0.05) is 42.8 Å². The molecule has 2 amide bonds. The predicted octanol–water partition coefficient (Wildman–Crippen LogP) is 3.42. The van der Waals surface area contributed by atoms with Crippen LogP contribution >= 0.6 is 11.6 Å². The normalized spacial score (nSPS) is 12.5. The molecule has 2 aromatic rings. The predicted molar refractivity (Wildman–Crippen MR) is 136 cm³/mol. The number of carbonyl (C=O) groups is 2. The maximum absolute atomic E-state index is 14.6. The van der Waals surface area contributed by atoms with Crippen molar-refractivity contribution in [3.8, 4) is 0 Å². The zero-order valence-corrected chi connectivity index (χ0v) is 22.1. The van der Waals surface area contributed by atoms with Crippen molar-refractivity contribution in [2.24, 2.45) is 0 Å². The Morgan fingerprint density at radius 3 is 2.17 bits per heavy atom.